The maximum atomic E-state index is 14.4. The largest absolute Gasteiger partial charge is 0.413 e. The lowest BCUT2D eigenvalue weighted by Crippen LogP contribution is -2.51. The summed E-state index contributed by atoms with van der Waals surface area (Å²) in [7, 11) is 0. The summed E-state index contributed by atoms with van der Waals surface area (Å²) in [6.07, 6.45) is 21.2. The highest BCUT2D eigenvalue weighted by Crippen LogP contribution is 2.55. The standard InChI is InChI=1S/C67H76N8O6/c1-42(2)58(72-64(78)80-46-18-8-5-9-19-46)62(76)74-34-16-22-56(74)60-68-40-45(70-60)26-24-44-25-27-48(52-37-66(36-51(44)52)32-14-15-33-66)49-28-29-50(54-39-67(38-53(49)54)30-12-7-13-31-67)55-41-69-61(71-55)57-23-17-35-75(57)63(77)59(43(3)4)73-65(79)81-47-20-10-6-11-21-47/h5-6,8-11,18-21,25,27-29,40-43,56-59H,7,12-17,22-23,30-39H2,1-4H3,(H,68,70)(H,69,71)(H,72,78)(H,73,79). The van der Waals surface area contributed by atoms with Crippen molar-refractivity contribution in [1.82, 2.24) is 40.4 Å². The number of carbonyl (C=O) groups is 4. The number of rotatable bonds is 12. The summed E-state index contributed by atoms with van der Waals surface area (Å²) in [5, 5.41) is 5.72. The molecule has 2 aromatic heterocycles. The normalized spacial score (nSPS) is 20.3. The molecule has 12 rings (SSSR count). The van der Waals surface area contributed by atoms with E-state index in [4.69, 9.17) is 19.4 Å². The number of fused-ring (bicyclic) bond motifs is 2. The first-order valence-electron chi connectivity index (χ1n) is 29.9. The van der Waals surface area contributed by atoms with Crippen LogP contribution in [0, 0.1) is 34.5 Å². The van der Waals surface area contributed by atoms with Crippen molar-refractivity contribution in [3.05, 3.63) is 142 Å². The molecule has 2 saturated heterocycles. The molecule has 4 atom stereocenters. The molecule has 14 nitrogen and oxygen atoms in total. The fourth-order valence-corrected chi connectivity index (χ4v) is 14.7. The highest BCUT2D eigenvalue weighted by atomic mass is 16.6. The number of likely N-dealkylation sites (tertiary alicyclic amines) is 2. The smallest absolute Gasteiger partial charge is 0.410 e. The van der Waals surface area contributed by atoms with Gasteiger partial charge in [0.1, 0.15) is 40.9 Å². The van der Waals surface area contributed by atoms with Crippen molar-refractivity contribution in [2.24, 2.45) is 22.7 Å². The Hall–Kier alpha value is -7.66. The van der Waals surface area contributed by atoms with Crippen LogP contribution < -0.4 is 20.1 Å². The maximum Gasteiger partial charge on any atom is 0.413 e. The molecular weight excluding hydrogens is 1010 g/mol. The highest BCUT2D eigenvalue weighted by molar-refractivity contribution is 5.88. The van der Waals surface area contributed by atoms with Crippen LogP contribution in [0.25, 0.3) is 22.4 Å². The predicted molar refractivity (Wildman–Crippen MR) is 311 cm³/mol. The third-order valence-electron chi connectivity index (χ3n) is 18.8. The van der Waals surface area contributed by atoms with Crippen molar-refractivity contribution in [2.75, 3.05) is 13.1 Å². The molecule has 0 radical (unpaired) electrons. The molecule has 6 aromatic rings. The molecule has 81 heavy (non-hydrogen) atoms. The van der Waals surface area contributed by atoms with Crippen molar-refractivity contribution >= 4 is 24.0 Å². The Morgan fingerprint density at radius 2 is 1.00 bits per heavy atom. The van der Waals surface area contributed by atoms with E-state index in [0.717, 1.165) is 68.4 Å². The molecular formula is C67H76N8O6. The SMILES string of the molecule is CC(C)C(NC(=O)Oc1ccccc1)C(=O)N1CCCC1c1ncc(C#Cc2ccc(-c3ccc(-c4cnc(C5CCCN5C(=O)C(NC(=O)Oc5ccccc5)C(C)C)[nH]4)c4c3CC3(CCCCC3)C4)c3c2CC2(CCCC2)C3)[nH]1. The topological polar surface area (TPSA) is 175 Å². The molecule has 2 saturated carbocycles. The third-order valence-corrected chi connectivity index (χ3v) is 18.8. The van der Waals surface area contributed by atoms with Crippen LogP contribution in [0.1, 0.15) is 168 Å². The number of imidazole rings is 2. The first kappa shape index (κ1) is 54.0. The minimum absolute atomic E-state index is 0.128. The van der Waals surface area contributed by atoms with Crippen LogP contribution in [0.15, 0.2) is 97.3 Å². The number of aromatic amines is 2. The second-order valence-electron chi connectivity index (χ2n) is 24.8. The number of ether oxygens (including phenoxy) is 2. The zero-order valence-electron chi connectivity index (χ0n) is 47.4. The number of hydrogen-bond acceptors (Lipinski definition) is 8. The Morgan fingerprint density at radius 1 is 0.543 bits per heavy atom. The lowest BCUT2D eigenvalue weighted by Gasteiger charge is -2.33. The number of para-hydroxylation sites is 2. The Balaban J connectivity index is 0.809. The Kier molecular flexibility index (Phi) is 15.1. The molecule has 4 fully saturated rings. The fraction of sp³-hybridized carbons (Fsp3) is 0.463. The molecule has 14 heteroatoms. The van der Waals surface area contributed by atoms with Gasteiger partial charge in [-0.3, -0.25) is 9.59 Å². The van der Waals surface area contributed by atoms with Crippen LogP contribution >= 0.6 is 0 Å². The van der Waals surface area contributed by atoms with E-state index in [9.17, 15) is 19.2 Å². The Bertz CT molecular complexity index is 3380. The molecule has 2 aliphatic heterocycles. The van der Waals surface area contributed by atoms with Gasteiger partial charge in [0.25, 0.3) is 0 Å². The summed E-state index contributed by atoms with van der Waals surface area (Å²) < 4.78 is 11.0. The number of H-pyrrole nitrogens is 2. The van der Waals surface area contributed by atoms with E-state index in [2.05, 4.69) is 56.7 Å². The molecule has 420 valence electrons. The lowest BCUT2D eigenvalue weighted by molar-refractivity contribution is -0.136. The van der Waals surface area contributed by atoms with Gasteiger partial charge in [0.05, 0.1) is 30.2 Å². The van der Waals surface area contributed by atoms with E-state index >= 15 is 0 Å². The number of carbonyl (C=O) groups excluding carboxylic acids is 4. The zero-order chi connectivity index (χ0) is 55.8. The highest BCUT2D eigenvalue weighted by Gasteiger charge is 2.45. The number of nitrogens with one attached hydrogen (secondary N) is 4. The minimum Gasteiger partial charge on any atom is -0.410 e. The molecule has 4 aromatic carbocycles. The predicted octanol–water partition coefficient (Wildman–Crippen LogP) is 12.5. The molecule has 4 heterocycles. The van der Waals surface area contributed by atoms with Crippen LogP contribution in [0.4, 0.5) is 9.59 Å². The van der Waals surface area contributed by atoms with Gasteiger partial charge in [0.15, 0.2) is 0 Å². The minimum atomic E-state index is -0.760. The second kappa shape index (κ2) is 22.7. The summed E-state index contributed by atoms with van der Waals surface area (Å²) in [6, 6.07) is 25.1. The van der Waals surface area contributed by atoms with Crippen molar-refractivity contribution in [2.45, 2.75) is 161 Å². The Morgan fingerprint density at radius 3 is 1.54 bits per heavy atom. The number of benzene rings is 4. The van der Waals surface area contributed by atoms with Gasteiger partial charge in [0, 0.05) is 24.2 Å². The number of amides is 4. The number of nitrogens with zero attached hydrogens (tertiary/aromatic N) is 4. The van der Waals surface area contributed by atoms with E-state index in [-0.39, 0.29) is 46.6 Å². The monoisotopic (exact) mass is 1090 g/mol. The van der Waals surface area contributed by atoms with Gasteiger partial charge in [0.2, 0.25) is 11.8 Å². The van der Waals surface area contributed by atoms with Gasteiger partial charge in [-0.2, -0.15) is 0 Å². The summed E-state index contributed by atoms with van der Waals surface area (Å²) in [4.78, 5) is 75.4. The summed E-state index contributed by atoms with van der Waals surface area (Å²) in [5.41, 5.74) is 12.9. The van der Waals surface area contributed by atoms with Crippen molar-refractivity contribution in [3.8, 4) is 45.7 Å². The van der Waals surface area contributed by atoms with Gasteiger partial charge in [-0.1, -0.05) is 120 Å². The molecule has 4 aliphatic carbocycles. The van der Waals surface area contributed by atoms with Crippen LogP contribution in [0.3, 0.4) is 0 Å². The van der Waals surface area contributed by atoms with E-state index in [0.29, 0.717) is 36.1 Å². The van der Waals surface area contributed by atoms with Gasteiger partial charge >= 0.3 is 12.2 Å². The van der Waals surface area contributed by atoms with Crippen LogP contribution in [0.2, 0.25) is 0 Å². The van der Waals surface area contributed by atoms with Crippen molar-refractivity contribution in [3.63, 3.8) is 0 Å². The van der Waals surface area contributed by atoms with Gasteiger partial charge < -0.3 is 39.9 Å². The van der Waals surface area contributed by atoms with E-state index in [1.807, 2.05) is 55.8 Å². The fourth-order valence-electron chi connectivity index (χ4n) is 14.7. The molecule has 4 N–H and O–H groups in total. The van der Waals surface area contributed by atoms with Crippen LogP contribution in [-0.2, 0) is 35.3 Å². The molecule has 0 bridgehead atoms. The third kappa shape index (κ3) is 11.0. The van der Waals surface area contributed by atoms with Gasteiger partial charge in [-0.05, 0) is 169 Å². The maximum absolute atomic E-state index is 14.4. The molecule has 2 spiro atoms. The molecule has 4 unspecified atom stereocenters. The van der Waals surface area contributed by atoms with E-state index in [1.54, 1.807) is 54.7 Å². The zero-order valence-corrected chi connectivity index (χ0v) is 47.4. The first-order valence-corrected chi connectivity index (χ1v) is 29.9. The second-order valence-corrected chi connectivity index (χ2v) is 24.8. The van der Waals surface area contributed by atoms with Crippen LogP contribution in [-0.4, -0.2) is 78.9 Å². The van der Waals surface area contributed by atoms with Gasteiger partial charge in [-0.25, -0.2) is 19.6 Å². The summed E-state index contributed by atoms with van der Waals surface area (Å²) >= 11 is 0. The Labute approximate surface area is 476 Å². The first-order chi connectivity index (χ1) is 39.3. The van der Waals surface area contributed by atoms with Crippen molar-refractivity contribution in [1.29, 1.82) is 0 Å². The summed E-state index contributed by atoms with van der Waals surface area (Å²) in [5.74, 6) is 8.82. The van der Waals surface area contributed by atoms with Crippen molar-refractivity contribution < 1.29 is 28.7 Å². The van der Waals surface area contributed by atoms with Crippen LogP contribution in [0.5, 0.6) is 11.5 Å². The van der Waals surface area contributed by atoms with Gasteiger partial charge in [-0.15, -0.1) is 0 Å². The quantitative estimate of drug-likeness (QED) is 0.0876. The lowest BCUT2D eigenvalue weighted by atomic mass is 9.72. The van der Waals surface area contributed by atoms with E-state index in [1.165, 1.54) is 96.7 Å². The average Bonchev–Trinajstić information content (AvgIpc) is 4.39. The average molecular weight is 1090 g/mol. The van der Waals surface area contributed by atoms with E-state index < -0.39 is 24.3 Å². The number of aromatic nitrogens is 4. The summed E-state index contributed by atoms with van der Waals surface area (Å²) in [6.45, 7) is 8.91. The number of hydrogen-bond donors (Lipinski definition) is 4. The molecule has 6 aliphatic rings. The molecule has 4 amide bonds.